The van der Waals surface area contributed by atoms with Gasteiger partial charge >= 0.3 is 0 Å². The Morgan fingerprint density at radius 1 is 0.767 bits per heavy atom. The lowest BCUT2D eigenvalue weighted by Gasteiger charge is -2.46. The molecule has 0 aliphatic heterocycles. The summed E-state index contributed by atoms with van der Waals surface area (Å²) in [7, 11) is 0. The Labute approximate surface area is 189 Å². The number of rotatable bonds is 15. The fourth-order valence-electron chi connectivity index (χ4n) is 6.41. The molecule has 0 heterocycles. The summed E-state index contributed by atoms with van der Waals surface area (Å²) in [4.78, 5) is 0. The molecule has 0 saturated heterocycles. The highest BCUT2D eigenvalue weighted by Gasteiger charge is 2.40. The molecule has 2 heteroatoms. The predicted molar refractivity (Wildman–Crippen MR) is 132 cm³/mol. The van der Waals surface area contributed by atoms with Gasteiger partial charge in [0, 0.05) is 6.54 Å². The fourth-order valence-corrected chi connectivity index (χ4v) is 6.41. The maximum Gasteiger partial charge on any atom is 0.0629 e. The molecular formula is C28H55NO. The number of fused-ring (bicyclic) bond motifs is 2. The molecule has 1 N–H and O–H groups in total. The summed E-state index contributed by atoms with van der Waals surface area (Å²) in [6.45, 7) is 17.5. The van der Waals surface area contributed by atoms with Crippen LogP contribution in [0.25, 0.3) is 0 Å². The lowest BCUT2D eigenvalue weighted by molar-refractivity contribution is -0.0780. The standard InChI is InChI=1S/C28H55NO/c1-21(2)9-7-10-22(3)11-8-12-23(4)13-14-29-15-16-30-28-25(6)19-26-17-24(5)18-27(28)20-26/h21-29H,7-20H2,1-6H3. The molecule has 2 nitrogen and oxygen atoms in total. The maximum absolute atomic E-state index is 6.41. The fraction of sp³-hybridized carbons (Fsp3) is 1.00. The summed E-state index contributed by atoms with van der Waals surface area (Å²) in [6, 6.07) is 0. The topological polar surface area (TPSA) is 21.3 Å². The monoisotopic (exact) mass is 421 g/mol. The van der Waals surface area contributed by atoms with Crippen molar-refractivity contribution in [1.29, 1.82) is 0 Å². The molecule has 30 heavy (non-hydrogen) atoms. The highest BCUT2D eigenvalue weighted by atomic mass is 16.5. The Morgan fingerprint density at radius 3 is 2.13 bits per heavy atom. The minimum Gasteiger partial charge on any atom is -0.376 e. The SMILES string of the molecule is CC(C)CCCC(C)CCCC(C)CCNCCOC1C(C)CC2CC(C)CC1C2. The van der Waals surface area contributed by atoms with Gasteiger partial charge in [0.15, 0.2) is 0 Å². The van der Waals surface area contributed by atoms with Crippen LogP contribution in [0.15, 0.2) is 0 Å². The lowest BCUT2D eigenvalue weighted by atomic mass is 9.64. The molecular weight excluding hydrogens is 366 g/mol. The molecule has 7 atom stereocenters. The first-order valence-electron chi connectivity index (χ1n) is 13.7. The maximum atomic E-state index is 6.41. The van der Waals surface area contributed by atoms with E-state index >= 15 is 0 Å². The molecule has 2 aliphatic rings. The third kappa shape index (κ3) is 10.0. The van der Waals surface area contributed by atoms with Crippen LogP contribution in [0, 0.1) is 41.4 Å². The molecule has 2 rings (SSSR count). The Kier molecular flexibility index (Phi) is 12.3. The predicted octanol–water partition coefficient (Wildman–Crippen LogP) is 7.71. The van der Waals surface area contributed by atoms with Crippen molar-refractivity contribution in [3.63, 3.8) is 0 Å². The van der Waals surface area contributed by atoms with Gasteiger partial charge in [-0.15, -0.1) is 0 Å². The van der Waals surface area contributed by atoms with E-state index in [-0.39, 0.29) is 0 Å². The minimum absolute atomic E-state index is 0.521. The van der Waals surface area contributed by atoms with Crippen molar-refractivity contribution in [2.45, 2.75) is 118 Å². The zero-order valence-electron chi connectivity index (χ0n) is 21.4. The van der Waals surface area contributed by atoms with Crippen molar-refractivity contribution in [2.75, 3.05) is 19.7 Å². The van der Waals surface area contributed by atoms with E-state index < -0.39 is 0 Å². The summed E-state index contributed by atoms with van der Waals surface area (Å²) >= 11 is 0. The van der Waals surface area contributed by atoms with Crippen molar-refractivity contribution in [3.8, 4) is 0 Å². The van der Waals surface area contributed by atoms with E-state index in [2.05, 4.69) is 46.9 Å². The molecule has 0 amide bonds. The molecule has 0 aromatic rings. The van der Waals surface area contributed by atoms with Crippen LogP contribution < -0.4 is 5.32 Å². The van der Waals surface area contributed by atoms with Crippen LogP contribution in [0.1, 0.15) is 112 Å². The van der Waals surface area contributed by atoms with E-state index in [9.17, 15) is 0 Å². The first kappa shape index (κ1) is 26.2. The minimum atomic E-state index is 0.521. The Hall–Kier alpha value is -0.0800. The Balaban J connectivity index is 1.45. The number of hydrogen-bond acceptors (Lipinski definition) is 2. The van der Waals surface area contributed by atoms with Crippen molar-refractivity contribution in [2.24, 2.45) is 41.4 Å². The summed E-state index contributed by atoms with van der Waals surface area (Å²) < 4.78 is 6.41. The van der Waals surface area contributed by atoms with Crippen molar-refractivity contribution in [3.05, 3.63) is 0 Å². The molecule has 0 radical (unpaired) electrons. The number of ether oxygens (including phenoxy) is 1. The van der Waals surface area contributed by atoms with Crippen LogP contribution in [0.4, 0.5) is 0 Å². The molecule has 2 fully saturated rings. The molecule has 178 valence electrons. The van der Waals surface area contributed by atoms with E-state index in [4.69, 9.17) is 4.74 Å². The third-order valence-corrected chi connectivity index (χ3v) is 8.08. The van der Waals surface area contributed by atoms with Crippen LogP contribution in [0.5, 0.6) is 0 Å². The van der Waals surface area contributed by atoms with Crippen LogP contribution >= 0.6 is 0 Å². The molecule has 7 unspecified atom stereocenters. The average molecular weight is 422 g/mol. The van der Waals surface area contributed by atoms with Crippen LogP contribution in [-0.4, -0.2) is 25.8 Å². The second-order valence-electron chi connectivity index (χ2n) is 12.0. The number of nitrogens with one attached hydrogen (secondary N) is 1. The van der Waals surface area contributed by atoms with Gasteiger partial charge in [-0.1, -0.05) is 80.1 Å². The first-order chi connectivity index (χ1) is 14.3. The molecule has 2 aliphatic carbocycles. The van der Waals surface area contributed by atoms with Gasteiger partial charge in [0.2, 0.25) is 0 Å². The van der Waals surface area contributed by atoms with Crippen molar-refractivity contribution < 1.29 is 4.74 Å². The smallest absolute Gasteiger partial charge is 0.0629 e. The van der Waals surface area contributed by atoms with Crippen molar-refractivity contribution >= 4 is 0 Å². The van der Waals surface area contributed by atoms with Crippen LogP contribution in [0.3, 0.4) is 0 Å². The molecule has 2 saturated carbocycles. The number of hydrogen-bond donors (Lipinski definition) is 1. The van der Waals surface area contributed by atoms with Gasteiger partial charge in [0.05, 0.1) is 12.7 Å². The molecule has 0 spiro atoms. The van der Waals surface area contributed by atoms with Gasteiger partial charge in [0.25, 0.3) is 0 Å². The Morgan fingerprint density at radius 2 is 1.43 bits per heavy atom. The second-order valence-corrected chi connectivity index (χ2v) is 12.0. The van der Waals surface area contributed by atoms with Gasteiger partial charge in [-0.25, -0.2) is 0 Å². The lowest BCUT2D eigenvalue weighted by Crippen LogP contribution is -2.43. The van der Waals surface area contributed by atoms with E-state index in [0.29, 0.717) is 6.10 Å². The first-order valence-corrected chi connectivity index (χ1v) is 13.7. The summed E-state index contributed by atoms with van der Waals surface area (Å²) in [5.41, 5.74) is 0. The molecule has 0 aromatic carbocycles. The zero-order chi connectivity index (χ0) is 21.9. The van der Waals surface area contributed by atoms with Gasteiger partial charge in [-0.05, 0) is 80.1 Å². The summed E-state index contributed by atoms with van der Waals surface area (Å²) in [5.74, 6) is 6.11. The van der Waals surface area contributed by atoms with Crippen LogP contribution in [0.2, 0.25) is 0 Å². The van der Waals surface area contributed by atoms with Gasteiger partial charge < -0.3 is 10.1 Å². The largest absolute Gasteiger partial charge is 0.376 e. The van der Waals surface area contributed by atoms with Crippen molar-refractivity contribution in [1.82, 2.24) is 5.32 Å². The van der Waals surface area contributed by atoms with E-state index in [1.54, 1.807) is 0 Å². The van der Waals surface area contributed by atoms with Crippen LogP contribution in [-0.2, 0) is 4.74 Å². The summed E-state index contributed by atoms with van der Waals surface area (Å²) in [5, 5.41) is 3.65. The molecule has 2 bridgehead atoms. The normalized spacial score (nSPS) is 31.1. The second kappa shape index (κ2) is 14.1. The van der Waals surface area contributed by atoms with E-state index in [1.807, 2.05) is 0 Å². The Bertz CT molecular complexity index is 432. The van der Waals surface area contributed by atoms with E-state index in [1.165, 1.54) is 70.6 Å². The van der Waals surface area contributed by atoms with Gasteiger partial charge in [0.1, 0.15) is 0 Å². The highest BCUT2D eigenvalue weighted by Crippen LogP contribution is 2.45. The average Bonchev–Trinajstić information content (AvgIpc) is 2.65. The quantitative estimate of drug-likeness (QED) is 0.273. The third-order valence-electron chi connectivity index (χ3n) is 8.08. The molecule has 0 aromatic heterocycles. The van der Waals surface area contributed by atoms with Gasteiger partial charge in [-0.2, -0.15) is 0 Å². The van der Waals surface area contributed by atoms with Gasteiger partial charge in [-0.3, -0.25) is 0 Å². The summed E-state index contributed by atoms with van der Waals surface area (Å²) in [6.07, 6.45) is 16.0. The highest BCUT2D eigenvalue weighted by molar-refractivity contribution is 4.90. The zero-order valence-corrected chi connectivity index (χ0v) is 21.4. The van der Waals surface area contributed by atoms with E-state index in [0.717, 1.165) is 61.1 Å².